The third kappa shape index (κ3) is 2.58. The normalized spacial score (nSPS) is 10.3. The van der Waals surface area contributed by atoms with Crippen molar-refractivity contribution in [2.45, 2.75) is 13.0 Å². The summed E-state index contributed by atoms with van der Waals surface area (Å²) in [4.78, 5) is 15.7. The molecule has 0 radical (unpaired) electrons. The lowest BCUT2D eigenvalue weighted by Gasteiger charge is -2.05. The molecule has 0 saturated carbocycles. The molecule has 0 atom stereocenters. The molecule has 0 bridgehead atoms. The lowest BCUT2D eigenvalue weighted by molar-refractivity contribution is 0.665. The van der Waals surface area contributed by atoms with Gasteiger partial charge in [0.25, 0.3) is 5.56 Å². The van der Waals surface area contributed by atoms with E-state index in [1.54, 1.807) is 23.0 Å². The van der Waals surface area contributed by atoms with Gasteiger partial charge in [-0.25, -0.2) is 0 Å². The fraction of sp³-hybridized carbons (Fsp3) is 0.167. The number of hydrogen-bond acceptors (Lipinski definition) is 2. The minimum atomic E-state index is 0.00592. The van der Waals surface area contributed by atoms with E-state index in [4.69, 9.17) is 0 Å². The van der Waals surface area contributed by atoms with Crippen LogP contribution in [0.4, 0.5) is 0 Å². The van der Waals surface area contributed by atoms with E-state index in [9.17, 15) is 4.79 Å². The summed E-state index contributed by atoms with van der Waals surface area (Å²) in [6.45, 7) is 0.671. The van der Waals surface area contributed by atoms with Crippen molar-refractivity contribution in [3.8, 4) is 0 Å². The maximum absolute atomic E-state index is 11.7. The molecule has 0 amide bonds. The number of nitrogens with zero attached hydrogens (tertiary/aromatic N) is 2. The van der Waals surface area contributed by atoms with Crippen LogP contribution in [0.5, 0.6) is 0 Å². The molecule has 2 aromatic rings. The van der Waals surface area contributed by atoms with E-state index in [-0.39, 0.29) is 5.56 Å². The maximum Gasteiger partial charge on any atom is 0.264 e. The van der Waals surface area contributed by atoms with E-state index < -0.39 is 0 Å². The second-order valence-corrected chi connectivity index (χ2v) is 4.32. The highest BCUT2D eigenvalue weighted by molar-refractivity contribution is 9.10. The van der Waals surface area contributed by atoms with Gasteiger partial charge >= 0.3 is 0 Å². The first-order chi connectivity index (χ1) is 7.77. The van der Waals surface area contributed by atoms with Gasteiger partial charge in [-0.1, -0.05) is 6.07 Å². The molecule has 0 aromatic carbocycles. The smallest absolute Gasteiger partial charge is 0.264 e. The number of hydrogen-bond donors (Lipinski definition) is 0. The van der Waals surface area contributed by atoms with Crippen LogP contribution in [-0.2, 0) is 13.0 Å². The van der Waals surface area contributed by atoms with Crippen molar-refractivity contribution in [3.05, 3.63) is 63.2 Å². The molecular formula is C12H11BrN2O. The molecule has 2 heterocycles. The first-order valence-corrected chi connectivity index (χ1v) is 5.80. The van der Waals surface area contributed by atoms with Gasteiger partial charge in [0.05, 0.1) is 4.47 Å². The van der Waals surface area contributed by atoms with E-state index in [1.165, 1.54) is 0 Å². The highest BCUT2D eigenvalue weighted by atomic mass is 79.9. The van der Waals surface area contributed by atoms with Gasteiger partial charge in [0.1, 0.15) is 0 Å². The van der Waals surface area contributed by atoms with E-state index >= 15 is 0 Å². The summed E-state index contributed by atoms with van der Waals surface area (Å²) in [5, 5.41) is 0. The van der Waals surface area contributed by atoms with Crippen molar-refractivity contribution in [1.82, 2.24) is 9.55 Å². The number of pyridine rings is 2. The van der Waals surface area contributed by atoms with Gasteiger partial charge in [-0.3, -0.25) is 9.78 Å². The number of rotatable bonds is 3. The summed E-state index contributed by atoms with van der Waals surface area (Å²) in [5.74, 6) is 0. The summed E-state index contributed by atoms with van der Waals surface area (Å²) in [6, 6.07) is 7.52. The van der Waals surface area contributed by atoms with Crippen molar-refractivity contribution >= 4 is 15.9 Å². The highest BCUT2D eigenvalue weighted by Gasteiger charge is 2.00. The molecule has 3 nitrogen and oxygen atoms in total. The zero-order chi connectivity index (χ0) is 11.4. The third-order valence-corrected chi connectivity index (χ3v) is 2.94. The van der Waals surface area contributed by atoms with E-state index in [2.05, 4.69) is 20.9 Å². The summed E-state index contributed by atoms with van der Waals surface area (Å²) in [5.41, 5.74) is 1.14. The quantitative estimate of drug-likeness (QED) is 0.863. The fourth-order valence-electron chi connectivity index (χ4n) is 1.48. The number of aromatic nitrogens is 2. The zero-order valence-corrected chi connectivity index (χ0v) is 10.2. The Morgan fingerprint density at radius 1 is 1.31 bits per heavy atom. The first-order valence-electron chi connectivity index (χ1n) is 5.01. The average molecular weight is 279 g/mol. The molecule has 0 aliphatic heterocycles. The van der Waals surface area contributed by atoms with Crippen molar-refractivity contribution < 1.29 is 0 Å². The van der Waals surface area contributed by atoms with Gasteiger partial charge in [-0.15, -0.1) is 0 Å². The fourth-order valence-corrected chi connectivity index (χ4v) is 1.86. The average Bonchev–Trinajstić information content (AvgIpc) is 2.32. The monoisotopic (exact) mass is 278 g/mol. The topological polar surface area (TPSA) is 34.9 Å². The molecule has 0 spiro atoms. The minimum absolute atomic E-state index is 0.00592. The van der Waals surface area contributed by atoms with Crippen molar-refractivity contribution in [2.24, 2.45) is 0 Å². The Hall–Kier alpha value is -1.42. The highest BCUT2D eigenvalue weighted by Crippen LogP contribution is 2.02. The Balaban J connectivity index is 2.11. The van der Waals surface area contributed by atoms with Crippen LogP contribution in [0.15, 0.2) is 52.1 Å². The summed E-state index contributed by atoms with van der Waals surface area (Å²) >= 11 is 3.23. The molecular weight excluding hydrogens is 268 g/mol. The molecule has 2 rings (SSSR count). The zero-order valence-electron chi connectivity index (χ0n) is 8.64. The molecule has 0 unspecified atom stereocenters. The van der Waals surface area contributed by atoms with E-state index in [0.29, 0.717) is 11.0 Å². The van der Waals surface area contributed by atoms with Crippen LogP contribution in [0.3, 0.4) is 0 Å². The molecule has 0 N–H and O–H groups in total. The molecule has 16 heavy (non-hydrogen) atoms. The summed E-state index contributed by atoms with van der Waals surface area (Å²) in [6.07, 6.45) is 6.17. The summed E-state index contributed by atoms with van der Waals surface area (Å²) < 4.78 is 2.29. The SMILES string of the molecule is O=c1c(Br)cccn1CCc1cccnc1. The molecule has 4 heteroatoms. The molecule has 0 fully saturated rings. The van der Waals surface area contributed by atoms with Crippen LogP contribution in [0.2, 0.25) is 0 Å². The molecule has 2 aromatic heterocycles. The van der Waals surface area contributed by atoms with Gasteiger partial charge < -0.3 is 4.57 Å². The van der Waals surface area contributed by atoms with Crippen LogP contribution in [0, 0.1) is 0 Å². The lowest BCUT2D eigenvalue weighted by atomic mass is 10.2. The van der Waals surface area contributed by atoms with Crippen LogP contribution in [-0.4, -0.2) is 9.55 Å². The Morgan fingerprint density at radius 3 is 2.94 bits per heavy atom. The van der Waals surface area contributed by atoms with Crippen LogP contribution in [0.25, 0.3) is 0 Å². The van der Waals surface area contributed by atoms with Gasteiger partial charge in [0.2, 0.25) is 0 Å². The predicted octanol–water partition coefficient (Wildman–Crippen LogP) is 2.25. The van der Waals surface area contributed by atoms with Crippen molar-refractivity contribution in [3.63, 3.8) is 0 Å². The Bertz CT molecular complexity index is 522. The van der Waals surface area contributed by atoms with Gasteiger partial charge in [-0.2, -0.15) is 0 Å². The molecule has 82 valence electrons. The predicted molar refractivity (Wildman–Crippen MR) is 66.3 cm³/mol. The lowest BCUT2D eigenvalue weighted by Crippen LogP contribution is -2.20. The maximum atomic E-state index is 11.7. The van der Waals surface area contributed by atoms with Gasteiger partial charge in [-0.05, 0) is 46.1 Å². The minimum Gasteiger partial charge on any atom is -0.314 e. The first kappa shape index (κ1) is 11.1. The third-order valence-electron chi connectivity index (χ3n) is 2.34. The van der Waals surface area contributed by atoms with Crippen LogP contribution in [0.1, 0.15) is 5.56 Å². The largest absolute Gasteiger partial charge is 0.314 e. The van der Waals surface area contributed by atoms with Crippen molar-refractivity contribution in [1.29, 1.82) is 0 Å². The van der Waals surface area contributed by atoms with Crippen LogP contribution >= 0.6 is 15.9 Å². The standard InChI is InChI=1S/C12H11BrN2O/c13-11-4-2-7-15(12(11)16)8-5-10-3-1-6-14-9-10/h1-4,6-7,9H,5,8H2. The van der Waals surface area contributed by atoms with Gasteiger partial charge in [0, 0.05) is 25.1 Å². The van der Waals surface area contributed by atoms with Crippen LogP contribution < -0.4 is 5.56 Å². The van der Waals surface area contributed by atoms with Gasteiger partial charge in [0.15, 0.2) is 0 Å². The van der Waals surface area contributed by atoms with E-state index in [0.717, 1.165) is 12.0 Å². The molecule has 0 aliphatic rings. The van der Waals surface area contributed by atoms with Crippen molar-refractivity contribution in [2.75, 3.05) is 0 Å². The Morgan fingerprint density at radius 2 is 2.19 bits per heavy atom. The molecule has 0 aliphatic carbocycles. The number of halogens is 1. The molecule has 0 saturated heterocycles. The van der Waals surface area contributed by atoms with E-state index in [1.807, 2.05) is 24.4 Å². The Kier molecular flexibility index (Phi) is 3.51. The second kappa shape index (κ2) is 5.07. The number of aryl methyl sites for hydroxylation is 2. The Labute approximate surface area is 102 Å². The summed E-state index contributed by atoms with van der Waals surface area (Å²) in [7, 11) is 0. The second-order valence-electron chi connectivity index (χ2n) is 3.47.